The molecule has 0 spiro atoms. The number of hydrogen-bond acceptors (Lipinski definition) is 2. The molecule has 94 valence electrons. The summed E-state index contributed by atoms with van der Waals surface area (Å²) in [5.74, 6) is -1.98. The monoisotopic (exact) mass is 257 g/mol. The number of carbonyl (C=O) groups excluding carboxylic acids is 1. The molecule has 0 unspecified atom stereocenters. The van der Waals surface area contributed by atoms with Crippen molar-refractivity contribution in [1.29, 1.82) is 0 Å². The van der Waals surface area contributed by atoms with Gasteiger partial charge in [-0.25, -0.2) is 0 Å². The molecule has 0 aromatic heterocycles. The summed E-state index contributed by atoms with van der Waals surface area (Å²) in [5.41, 5.74) is -4.95. The lowest BCUT2D eigenvalue weighted by Crippen LogP contribution is -2.24. The van der Waals surface area contributed by atoms with Crippen LogP contribution in [0.15, 0.2) is 18.2 Å². The smallest absolute Gasteiger partial charge is 0.417 e. The Kier molecular flexibility index (Phi) is 3.09. The van der Waals surface area contributed by atoms with E-state index in [0.29, 0.717) is 6.07 Å². The van der Waals surface area contributed by atoms with Crippen molar-refractivity contribution in [3.05, 3.63) is 34.9 Å². The summed E-state index contributed by atoms with van der Waals surface area (Å²) in [5, 5.41) is 10.3. The molecule has 1 aromatic carbocycles. The van der Waals surface area contributed by atoms with Crippen molar-refractivity contribution in [2.75, 3.05) is 0 Å². The van der Waals surface area contributed by atoms with E-state index in [1.54, 1.807) is 0 Å². The Labute approximate surface area is 90.5 Å². The van der Waals surface area contributed by atoms with Crippen molar-refractivity contribution in [3.63, 3.8) is 0 Å². The van der Waals surface area contributed by atoms with Gasteiger partial charge in [-0.2, -0.15) is 26.3 Å². The van der Waals surface area contributed by atoms with Crippen LogP contribution < -0.4 is 5.11 Å². The number of aromatic carboxylic acids is 1. The molecular weight excluding hydrogens is 254 g/mol. The van der Waals surface area contributed by atoms with E-state index in [1.165, 1.54) is 0 Å². The Morgan fingerprint density at radius 1 is 0.941 bits per heavy atom. The van der Waals surface area contributed by atoms with Gasteiger partial charge in [-0.15, -0.1) is 0 Å². The minimum Gasteiger partial charge on any atom is -0.545 e. The Hall–Kier alpha value is -1.73. The maximum absolute atomic E-state index is 12.3. The number of carbonyl (C=O) groups is 1. The number of hydrogen-bond donors (Lipinski definition) is 0. The molecule has 2 nitrogen and oxygen atoms in total. The minimum atomic E-state index is -5.30. The van der Waals surface area contributed by atoms with E-state index in [0.717, 1.165) is 0 Å². The molecule has 1 rings (SSSR count). The molecule has 17 heavy (non-hydrogen) atoms. The number of carboxylic acids is 1. The molecule has 0 aliphatic carbocycles. The van der Waals surface area contributed by atoms with Crippen LogP contribution in [-0.4, -0.2) is 5.97 Å². The molecule has 0 bridgehead atoms. The van der Waals surface area contributed by atoms with Crippen molar-refractivity contribution in [1.82, 2.24) is 0 Å². The molecule has 8 heteroatoms. The summed E-state index contributed by atoms with van der Waals surface area (Å²) in [6.45, 7) is 0. The van der Waals surface area contributed by atoms with E-state index >= 15 is 0 Å². The summed E-state index contributed by atoms with van der Waals surface area (Å²) in [7, 11) is 0. The molecule has 0 amide bonds. The van der Waals surface area contributed by atoms with Gasteiger partial charge in [0.25, 0.3) is 0 Å². The van der Waals surface area contributed by atoms with Crippen molar-refractivity contribution >= 4 is 5.97 Å². The first kappa shape index (κ1) is 13.3. The third-order valence-electron chi connectivity index (χ3n) is 1.87. The average molecular weight is 257 g/mol. The van der Waals surface area contributed by atoms with E-state index in [1.807, 2.05) is 0 Å². The fourth-order valence-corrected chi connectivity index (χ4v) is 1.15. The van der Waals surface area contributed by atoms with Crippen molar-refractivity contribution in [2.45, 2.75) is 12.4 Å². The summed E-state index contributed by atoms with van der Waals surface area (Å²) in [4.78, 5) is 10.3. The Balaban J connectivity index is 3.49. The van der Waals surface area contributed by atoms with Crippen LogP contribution in [0, 0.1) is 0 Å². The van der Waals surface area contributed by atoms with E-state index in [-0.39, 0.29) is 12.1 Å². The normalized spacial score (nSPS) is 12.6. The highest BCUT2D eigenvalue weighted by molar-refractivity contribution is 5.86. The molecule has 0 fully saturated rings. The maximum atomic E-state index is 12.3. The molecule has 0 radical (unpaired) electrons. The number of alkyl halides is 6. The van der Waals surface area contributed by atoms with Crippen LogP contribution in [0.25, 0.3) is 0 Å². The second-order valence-electron chi connectivity index (χ2n) is 3.04. The Morgan fingerprint density at radius 2 is 1.41 bits per heavy atom. The lowest BCUT2D eigenvalue weighted by molar-refractivity contribution is -0.255. The second kappa shape index (κ2) is 3.94. The number of rotatable bonds is 1. The van der Waals surface area contributed by atoms with Crippen molar-refractivity contribution < 1.29 is 36.2 Å². The van der Waals surface area contributed by atoms with Crippen LogP contribution in [0.4, 0.5) is 26.3 Å². The molecule has 0 saturated heterocycles. The van der Waals surface area contributed by atoms with Crippen LogP contribution in [0.3, 0.4) is 0 Å². The van der Waals surface area contributed by atoms with E-state index in [4.69, 9.17) is 0 Å². The lowest BCUT2D eigenvalue weighted by Gasteiger charge is -2.16. The third-order valence-corrected chi connectivity index (χ3v) is 1.87. The van der Waals surface area contributed by atoms with Gasteiger partial charge in [-0.05, 0) is 17.7 Å². The van der Waals surface area contributed by atoms with E-state index < -0.39 is 35.0 Å². The van der Waals surface area contributed by atoms with Gasteiger partial charge >= 0.3 is 12.4 Å². The highest BCUT2D eigenvalue weighted by Gasteiger charge is 2.43. The molecule has 0 aliphatic rings. The number of halogens is 6. The fourth-order valence-electron chi connectivity index (χ4n) is 1.15. The topological polar surface area (TPSA) is 40.1 Å². The Morgan fingerprint density at radius 3 is 1.76 bits per heavy atom. The zero-order valence-corrected chi connectivity index (χ0v) is 7.82. The van der Waals surface area contributed by atoms with Gasteiger partial charge < -0.3 is 9.90 Å². The molecule has 0 atom stereocenters. The molecular formula is C9H3F6O2-. The zero-order chi connectivity index (χ0) is 13.4. The largest absolute Gasteiger partial charge is 0.545 e. The molecule has 0 aliphatic heterocycles. The standard InChI is InChI=1S/C9H4F6O2/c10-8(11,12)5-2-1-4(7(16)17)3-6(5)9(13,14)15/h1-3H,(H,16,17)/p-1. The van der Waals surface area contributed by atoms with Gasteiger partial charge in [0.2, 0.25) is 0 Å². The van der Waals surface area contributed by atoms with Crippen LogP contribution >= 0.6 is 0 Å². The number of carboxylic acid groups (broad SMARTS) is 1. The van der Waals surface area contributed by atoms with Gasteiger partial charge in [0.05, 0.1) is 17.1 Å². The Bertz CT molecular complexity index is 446. The predicted octanol–water partition coefficient (Wildman–Crippen LogP) is 2.09. The lowest BCUT2D eigenvalue weighted by atomic mass is 10.0. The first-order valence-electron chi connectivity index (χ1n) is 4.03. The SMILES string of the molecule is O=C([O-])c1ccc(C(F)(F)F)c(C(F)(F)F)c1. The first-order chi connectivity index (χ1) is 7.53. The quantitative estimate of drug-likeness (QED) is 0.722. The van der Waals surface area contributed by atoms with Gasteiger partial charge in [0, 0.05) is 0 Å². The predicted molar refractivity (Wildman–Crippen MR) is 40.8 cm³/mol. The van der Waals surface area contributed by atoms with Crippen LogP contribution in [0.5, 0.6) is 0 Å². The van der Waals surface area contributed by atoms with Gasteiger partial charge in [-0.1, -0.05) is 6.07 Å². The third kappa shape index (κ3) is 2.89. The minimum absolute atomic E-state index is 0.0634. The van der Waals surface area contributed by atoms with Crippen molar-refractivity contribution in [3.8, 4) is 0 Å². The van der Waals surface area contributed by atoms with Gasteiger partial charge in [0.1, 0.15) is 0 Å². The van der Waals surface area contributed by atoms with Crippen LogP contribution in [0.1, 0.15) is 21.5 Å². The summed E-state index contributed by atoms with van der Waals surface area (Å²) < 4.78 is 73.7. The van der Waals surface area contributed by atoms with Gasteiger partial charge in [0.15, 0.2) is 0 Å². The van der Waals surface area contributed by atoms with Crippen LogP contribution in [-0.2, 0) is 12.4 Å². The molecule has 0 saturated carbocycles. The second-order valence-corrected chi connectivity index (χ2v) is 3.04. The average Bonchev–Trinajstić information content (AvgIpc) is 2.14. The molecule has 0 heterocycles. The van der Waals surface area contributed by atoms with Gasteiger partial charge in [-0.3, -0.25) is 0 Å². The maximum Gasteiger partial charge on any atom is 0.417 e. The van der Waals surface area contributed by atoms with E-state index in [2.05, 4.69) is 0 Å². The van der Waals surface area contributed by atoms with E-state index in [9.17, 15) is 36.2 Å². The fraction of sp³-hybridized carbons (Fsp3) is 0.222. The highest BCUT2D eigenvalue weighted by Crippen LogP contribution is 2.40. The summed E-state index contributed by atoms with van der Waals surface area (Å²) >= 11 is 0. The zero-order valence-electron chi connectivity index (χ0n) is 7.82. The highest BCUT2D eigenvalue weighted by atomic mass is 19.4. The first-order valence-corrected chi connectivity index (χ1v) is 4.03. The van der Waals surface area contributed by atoms with Crippen LogP contribution in [0.2, 0.25) is 0 Å². The number of benzene rings is 1. The summed E-state index contributed by atoms with van der Waals surface area (Å²) in [6.07, 6.45) is -10.5. The summed E-state index contributed by atoms with van der Waals surface area (Å²) in [6, 6.07) is 0.375. The molecule has 1 aromatic rings. The molecule has 0 N–H and O–H groups in total. The van der Waals surface area contributed by atoms with Crippen molar-refractivity contribution in [2.24, 2.45) is 0 Å².